The van der Waals surface area contributed by atoms with Gasteiger partial charge in [-0.3, -0.25) is 4.79 Å². The molecule has 2 aromatic rings. The number of imidazole rings is 1. The van der Waals surface area contributed by atoms with Crippen LogP contribution in [0.4, 0.5) is 0 Å². The van der Waals surface area contributed by atoms with E-state index in [1.807, 2.05) is 0 Å². The Morgan fingerprint density at radius 3 is 2.95 bits per heavy atom. The Kier molecular flexibility index (Phi) is 5.15. The van der Waals surface area contributed by atoms with Crippen LogP contribution in [-0.2, 0) is 11.2 Å². The highest BCUT2D eigenvalue weighted by Crippen LogP contribution is 2.22. The van der Waals surface area contributed by atoms with E-state index in [-0.39, 0.29) is 0 Å². The molecule has 0 fully saturated rings. The minimum Gasteiger partial charge on any atom is -0.378 e. The topological polar surface area (TPSA) is 78.0 Å². The Balaban J connectivity index is 1.78. The zero-order valence-electron chi connectivity index (χ0n) is 10.8. The van der Waals surface area contributed by atoms with Gasteiger partial charge in [0.1, 0.15) is 5.82 Å². The second-order valence-corrected chi connectivity index (χ2v) is 4.76. The van der Waals surface area contributed by atoms with Crippen molar-refractivity contribution in [2.45, 2.75) is 18.9 Å². The van der Waals surface area contributed by atoms with Crippen molar-refractivity contribution in [3.05, 3.63) is 53.1 Å². The first-order valence-electron chi connectivity index (χ1n) is 6.37. The summed E-state index contributed by atoms with van der Waals surface area (Å²) in [6.07, 6.45) is 3.70. The zero-order chi connectivity index (χ0) is 14.4. The number of aliphatic hydroxyl groups is 1. The third-order valence-electron chi connectivity index (χ3n) is 2.89. The molecule has 0 radical (unpaired) electrons. The molecule has 3 N–H and O–H groups in total. The summed E-state index contributed by atoms with van der Waals surface area (Å²) < 4.78 is 0. The Labute approximate surface area is 122 Å². The molecule has 5 nitrogen and oxygen atoms in total. The van der Waals surface area contributed by atoms with Gasteiger partial charge in [0, 0.05) is 35.9 Å². The molecule has 6 heteroatoms. The van der Waals surface area contributed by atoms with Gasteiger partial charge in [0.25, 0.3) is 5.91 Å². The maximum Gasteiger partial charge on any atom is 0.253 e. The number of amides is 1. The number of aryl methyl sites for hydroxylation is 1. The maximum absolute atomic E-state index is 11.8. The van der Waals surface area contributed by atoms with Gasteiger partial charge in [-0.05, 0) is 12.5 Å². The van der Waals surface area contributed by atoms with Crippen LogP contribution in [-0.4, -0.2) is 27.5 Å². The summed E-state index contributed by atoms with van der Waals surface area (Å²) >= 11 is 5.94. The molecule has 1 aromatic heterocycles. The third kappa shape index (κ3) is 3.82. The predicted octanol–water partition coefficient (Wildman–Crippen LogP) is 1.85. The first-order valence-corrected chi connectivity index (χ1v) is 6.74. The summed E-state index contributed by atoms with van der Waals surface area (Å²) in [7, 11) is 0. The lowest BCUT2D eigenvalue weighted by atomic mass is 10.1. The smallest absolute Gasteiger partial charge is 0.253 e. The summed E-state index contributed by atoms with van der Waals surface area (Å²) in [4.78, 5) is 18.9. The van der Waals surface area contributed by atoms with Crippen molar-refractivity contribution in [1.29, 1.82) is 0 Å². The second kappa shape index (κ2) is 7.07. The standard InChI is InChI=1S/C14H16ClN3O2/c15-11-5-2-1-4-10(11)13(19)14(20)18-7-3-6-12-16-8-9-17-12/h1-2,4-5,8-9,13,19H,3,6-7H2,(H,16,17)(H,18,20). The van der Waals surface area contributed by atoms with Crippen molar-refractivity contribution in [2.75, 3.05) is 6.54 Å². The minimum absolute atomic E-state index is 0.380. The largest absolute Gasteiger partial charge is 0.378 e. The van der Waals surface area contributed by atoms with Crippen LogP contribution in [0.1, 0.15) is 23.9 Å². The first kappa shape index (κ1) is 14.6. The molecule has 0 saturated carbocycles. The molecule has 1 heterocycles. The molecule has 1 amide bonds. The Morgan fingerprint density at radius 2 is 2.25 bits per heavy atom. The molecule has 0 saturated heterocycles. The van der Waals surface area contributed by atoms with Crippen LogP contribution in [0.15, 0.2) is 36.7 Å². The van der Waals surface area contributed by atoms with Gasteiger partial charge in [-0.25, -0.2) is 4.98 Å². The molecule has 0 aliphatic rings. The van der Waals surface area contributed by atoms with E-state index in [1.165, 1.54) is 0 Å². The fourth-order valence-electron chi connectivity index (χ4n) is 1.84. The highest BCUT2D eigenvalue weighted by Gasteiger charge is 2.18. The lowest BCUT2D eigenvalue weighted by Crippen LogP contribution is -2.30. The van der Waals surface area contributed by atoms with Gasteiger partial charge in [-0.1, -0.05) is 29.8 Å². The van der Waals surface area contributed by atoms with E-state index >= 15 is 0 Å². The molecule has 1 unspecified atom stereocenters. The molecule has 0 bridgehead atoms. The lowest BCUT2D eigenvalue weighted by Gasteiger charge is -2.12. The highest BCUT2D eigenvalue weighted by atomic mass is 35.5. The van der Waals surface area contributed by atoms with Crippen molar-refractivity contribution < 1.29 is 9.90 Å². The van der Waals surface area contributed by atoms with Gasteiger partial charge >= 0.3 is 0 Å². The van der Waals surface area contributed by atoms with Gasteiger partial charge in [0.15, 0.2) is 6.10 Å². The van der Waals surface area contributed by atoms with Gasteiger partial charge in [-0.15, -0.1) is 0 Å². The number of carbonyl (C=O) groups is 1. The van der Waals surface area contributed by atoms with Crippen LogP contribution in [0, 0.1) is 0 Å². The normalized spacial score (nSPS) is 12.1. The van der Waals surface area contributed by atoms with Crippen LogP contribution in [0.2, 0.25) is 5.02 Å². The number of aromatic amines is 1. The summed E-state index contributed by atoms with van der Waals surface area (Å²) in [6, 6.07) is 6.76. The number of nitrogens with one attached hydrogen (secondary N) is 2. The number of aliphatic hydroxyl groups excluding tert-OH is 1. The van der Waals surface area contributed by atoms with E-state index in [9.17, 15) is 9.90 Å². The molecule has 0 aliphatic heterocycles. The number of H-pyrrole nitrogens is 1. The average Bonchev–Trinajstić information content (AvgIpc) is 2.96. The summed E-state index contributed by atoms with van der Waals surface area (Å²) in [5.74, 6) is 0.434. The van der Waals surface area contributed by atoms with E-state index in [0.29, 0.717) is 17.1 Å². The van der Waals surface area contributed by atoms with Crippen LogP contribution in [0.25, 0.3) is 0 Å². The Bertz CT molecular complexity index is 557. The molecule has 106 valence electrons. The number of hydrogen-bond donors (Lipinski definition) is 3. The van der Waals surface area contributed by atoms with E-state index in [2.05, 4.69) is 15.3 Å². The van der Waals surface area contributed by atoms with Crippen molar-refractivity contribution in [1.82, 2.24) is 15.3 Å². The highest BCUT2D eigenvalue weighted by molar-refractivity contribution is 6.31. The van der Waals surface area contributed by atoms with Crippen LogP contribution in [0.5, 0.6) is 0 Å². The monoisotopic (exact) mass is 293 g/mol. The zero-order valence-corrected chi connectivity index (χ0v) is 11.6. The number of carbonyl (C=O) groups excluding carboxylic acids is 1. The predicted molar refractivity (Wildman–Crippen MR) is 76.3 cm³/mol. The van der Waals surface area contributed by atoms with Gasteiger partial charge < -0.3 is 15.4 Å². The Hall–Kier alpha value is -1.85. The SMILES string of the molecule is O=C(NCCCc1ncc[nH]1)C(O)c1ccccc1Cl. The maximum atomic E-state index is 11.8. The van der Waals surface area contributed by atoms with E-state index in [1.54, 1.807) is 36.7 Å². The number of rotatable bonds is 6. The summed E-state index contributed by atoms with van der Waals surface area (Å²) in [5.41, 5.74) is 0.415. The molecule has 2 rings (SSSR count). The van der Waals surface area contributed by atoms with Gasteiger partial charge in [-0.2, -0.15) is 0 Å². The lowest BCUT2D eigenvalue weighted by molar-refractivity contribution is -0.129. The number of nitrogens with zero attached hydrogens (tertiary/aromatic N) is 1. The van der Waals surface area contributed by atoms with Gasteiger partial charge in [0.05, 0.1) is 0 Å². The second-order valence-electron chi connectivity index (χ2n) is 4.35. The third-order valence-corrected chi connectivity index (χ3v) is 3.24. The van der Waals surface area contributed by atoms with Crippen molar-refractivity contribution in [3.8, 4) is 0 Å². The molecule has 1 atom stereocenters. The van der Waals surface area contributed by atoms with Crippen LogP contribution in [0.3, 0.4) is 0 Å². The number of halogens is 1. The fourth-order valence-corrected chi connectivity index (χ4v) is 2.08. The molecule has 1 aromatic carbocycles. The fraction of sp³-hybridized carbons (Fsp3) is 0.286. The van der Waals surface area contributed by atoms with E-state index in [0.717, 1.165) is 18.7 Å². The first-order chi connectivity index (χ1) is 9.68. The van der Waals surface area contributed by atoms with Gasteiger partial charge in [0.2, 0.25) is 0 Å². The number of hydrogen-bond acceptors (Lipinski definition) is 3. The minimum atomic E-state index is -1.24. The quantitative estimate of drug-likeness (QED) is 0.711. The molecular weight excluding hydrogens is 278 g/mol. The van der Waals surface area contributed by atoms with E-state index < -0.39 is 12.0 Å². The van der Waals surface area contributed by atoms with Crippen LogP contribution < -0.4 is 5.32 Å². The number of benzene rings is 1. The molecule has 0 spiro atoms. The summed E-state index contributed by atoms with van der Waals surface area (Å²) in [5, 5.41) is 13.0. The van der Waals surface area contributed by atoms with Crippen molar-refractivity contribution in [2.24, 2.45) is 0 Å². The molecule has 0 aliphatic carbocycles. The number of aromatic nitrogens is 2. The van der Waals surface area contributed by atoms with Crippen molar-refractivity contribution >= 4 is 17.5 Å². The Morgan fingerprint density at radius 1 is 1.45 bits per heavy atom. The molecule has 20 heavy (non-hydrogen) atoms. The van der Waals surface area contributed by atoms with Crippen LogP contribution >= 0.6 is 11.6 Å². The van der Waals surface area contributed by atoms with E-state index in [4.69, 9.17) is 11.6 Å². The van der Waals surface area contributed by atoms with Crippen molar-refractivity contribution in [3.63, 3.8) is 0 Å². The average molecular weight is 294 g/mol. The summed E-state index contributed by atoms with van der Waals surface area (Å²) in [6.45, 7) is 0.473. The molecular formula is C14H16ClN3O2.